The molecular formula is C17H23FN4O3. The number of hydrogen-bond acceptors (Lipinski definition) is 5. The molecule has 1 aliphatic carbocycles. The molecule has 2 aromatic heterocycles. The van der Waals surface area contributed by atoms with Crippen LogP contribution in [0.15, 0.2) is 12.1 Å². The maximum absolute atomic E-state index is 13.0. The van der Waals surface area contributed by atoms with Crippen LogP contribution in [0.3, 0.4) is 0 Å². The first kappa shape index (κ1) is 17.6. The molecule has 3 rings (SSSR count). The molecule has 0 bridgehead atoms. The summed E-state index contributed by atoms with van der Waals surface area (Å²) in [7, 11) is 1.55. The number of ether oxygens (including phenoxy) is 1. The van der Waals surface area contributed by atoms with Gasteiger partial charge in [0.05, 0.1) is 13.5 Å². The number of pyridine rings is 1. The number of amides is 1. The molecule has 7 nitrogen and oxygen atoms in total. The smallest absolute Gasteiger partial charge is 0.229 e. The average Bonchev–Trinajstić information content (AvgIpc) is 2.90. The fraction of sp³-hybridized carbons (Fsp3) is 0.588. The number of anilines is 1. The molecule has 2 N–H and O–H groups in total. The highest BCUT2D eigenvalue weighted by atomic mass is 19.1. The third kappa shape index (κ3) is 3.44. The topological polar surface area (TPSA) is 89.3 Å². The highest BCUT2D eigenvalue weighted by Crippen LogP contribution is 2.37. The summed E-state index contributed by atoms with van der Waals surface area (Å²) < 4.78 is 20.1. The maximum Gasteiger partial charge on any atom is 0.229 e. The Morgan fingerprint density at radius 2 is 2.24 bits per heavy atom. The first-order valence-corrected chi connectivity index (χ1v) is 8.51. The van der Waals surface area contributed by atoms with Crippen LogP contribution in [0.5, 0.6) is 5.88 Å². The van der Waals surface area contributed by atoms with E-state index in [1.54, 1.807) is 26.2 Å². The van der Waals surface area contributed by atoms with Crippen LogP contribution in [0.1, 0.15) is 45.1 Å². The van der Waals surface area contributed by atoms with Gasteiger partial charge >= 0.3 is 0 Å². The minimum Gasteiger partial charge on any atom is -0.481 e. The van der Waals surface area contributed by atoms with Crippen LogP contribution < -0.4 is 10.1 Å². The van der Waals surface area contributed by atoms with E-state index >= 15 is 0 Å². The molecule has 136 valence electrons. The molecule has 0 aliphatic heterocycles. The molecule has 25 heavy (non-hydrogen) atoms. The maximum atomic E-state index is 13.0. The van der Waals surface area contributed by atoms with Gasteiger partial charge in [-0.2, -0.15) is 4.98 Å². The van der Waals surface area contributed by atoms with Crippen LogP contribution in [-0.4, -0.2) is 44.9 Å². The van der Waals surface area contributed by atoms with E-state index in [1.165, 1.54) is 0 Å². The van der Waals surface area contributed by atoms with E-state index in [4.69, 9.17) is 4.74 Å². The summed E-state index contributed by atoms with van der Waals surface area (Å²) in [5, 5.41) is 12.7. The van der Waals surface area contributed by atoms with Crippen LogP contribution in [0.4, 0.5) is 10.3 Å². The van der Waals surface area contributed by atoms with Crippen molar-refractivity contribution in [1.82, 2.24) is 14.5 Å². The molecule has 0 saturated heterocycles. The molecule has 8 heteroatoms. The van der Waals surface area contributed by atoms with Gasteiger partial charge in [-0.05, 0) is 31.7 Å². The molecule has 1 atom stereocenters. The van der Waals surface area contributed by atoms with Crippen LogP contribution in [-0.2, 0) is 4.79 Å². The Balaban J connectivity index is 1.91. The largest absolute Gasteiger partial charge is 0.481 e. The quantitative estimate of drug-likeness (QED) is 0.801. The Labute approximate surface area is 145 Å². The van der Waals surface area contributed by atoms with Crippen molar-refractivity contribution < 1.29 is 19.0 Å². The molecule has 1 unspecified atom stereocenters. The van der Waals surface area contributed by atoms with E-state index in [2.05, 4.69) is 15.3 Å². The van der Waals surface area contributed by atoms with Gasteiger partial charge in [-0.3, -0.25) is 14.7 Å². The zero-order valence-corrected chi connectivity index (χ0v) is 14.5. The number of hydrogen-bond donors (Lipinski definition) is 2. The number of carbonyl (C=O) groups is 1. The fourth-order valence-electron chi connectivity index (χ4n) is 2.88. The number of methoxy groups -OCH3 is 1. The fourth-order valence-corrected chi connectivity index (χ4v) is 2.88. The number of aliphatic hydroxyl groups is 1. The third-order valence-electron chi connectivity index (χ3n) is 4.81. The molecule has 2 aromatic rings. The van der Waals surface area contributed by atoms with E-state index in [1.807, 2.05) is 4.57 Å². The summed E-state index contributed by atoms with van der Waals surface area (Å²) in [6.07, 6.45) is 2.92. The monoisotopic (exact) mass is 350 g/mol. The Hall–Kier alpha value is -2.22. The number of rotatable bonds is 7. The lowest BCUT2D eigenvalue weighted by atomic mass is 9.93. The van der Waals surface area contributed by atoms with Gasteiger partial charge in [0.1, 0.15) is 17.8 Å². The van der Waals surface area contributed by atoms with Crippen molar-refractivity contribution in [3.63, 3.8) is 0 Å². The second-order valence-electron chi connectivity index (χ2n) is 6.52. The van der Waals surface area contributed by atoms with Crippen molar-refractivity contribution in [2.24, 2.45) is 0 Å². The molecule has 0 spiro atoms. The van der Waals surface area contributed by atoms with Gasteiger partial charge in [0.2, 0.25) is 17.7 Å². The lowest BCUT2D eigenvalue weighted by molar-refractivity contribution is -0.122. The first-order valence-electron chi connectivity index (χ1n) is 8.51. The van der Waals surface area contributed by atoms with Gasteiger partial charge in [0.15, 0.2) is 5.65 Å². The number of carbonyl (C=O) groups excluding carboxylic acids is 1. The summed E-state index contributed by atoms with van der Waals surface area (Å²) >= 11 is 0. The number of nitrogens with zero attached hydrogens (tertiary/aromatic N) is 3. The molecular weight excluding hydrogens is 327 g/mol. The van der Waals surface area contributed by atoms with E-state index in [-0.39, 0.29) is 18.9 Å². The molecule has 0 aromatic carbocycles. The Bertz CT molecular complexity index is 769. The van der Waals surface area contributed by atoms with Crippen molar-refractivity contribution in [3.8, 4) is 5.88 Å². The SMILES string of the molecule is CCC(O)(CF)CC(=O)Nc1nc2ccc(OC)nc2n1C1CCC1. The Kier molecular flexibility index (Phi) is 4.89. The van der Waals surface area contributed by atoms with Crippen LogP contribution in [0, 0.1) is 0 Å². The zero-order chi connectivity index (χ0) is 18.0. The second-order valence-corrected chi connectivity index (χ2v) is 6.52. The summed E-state index contributed by atoms with van der Waals surface area (Å²) in [6, 6.07) is 3.71. The normalized spacial score (nSPS) is 17.1. The second kappa shape index (κ2) is 6.95. The third-order valence-corrected chi connectivity index (χ3v) is 4.81. The predicted molar refractivity (Wildman–Crippen MR) is 91.4 cm³/mol. The van der Waals surface area contributed by atoms with Crippen molar-refractivity contribution in [2.45, 2.75) is 50.7 Å². The van der Waals surface area contributed by atoms with Crippen molar-refractivity contribution >= 4 is 23.0 Å². The zero-order valence-electron chi connectivity index (χ0n) is 14.5. The summed E-state index contributed by atoms with van der Waals surface area (Å²) in [4.78, 5) is 21.2. The van der Waals surface area contributed by atoms with E-state index in [9.17, 15) is 14.3 Å². The molecule has 1 amide bonds. The van der Waals surface area contributed by atoms with Gasteiger partial charge in [-0.1, -0.05) is 6.92 Å². The van der Waals surface area contributed by atoms with Gasteiger partial charge in [0.25, 0.3) is 0 Å². The Morgan fingerprint density at radius 1 is 1.48 bits per heavy atom. The van der Waals surface area contributed by atoms with Crippen molar-refractivity contribution in [1.29, 1.82) is 0 Å². The molecule has 1 aliphatic rings. The highest BCUT2D eigenvalue weighted by Gasteiger charge is 2.30. The minimum absolute atomic E-state index is 0.161. The average molecular weight is 350 g/mol. The summed E-state index contributed by atoms with van der Waals surface area (Å²) in [5.74, 6) is 0.385. The molecule has 2 heterocycles. The number of imidazole rings is 1. The van der Waals surface area contributed by atoms with E-state index in [0.717, 1.165) is 19.3 Å². The number of alkyl halides is 1. The number of halogens is 1. The van der Waals surface area contributed by atoms with Gasteiger partial charge in [0, 0.05) is 12.1 Å². The molecule has 1 fully saturated rings. The summed E-state index contributed by atoms with van der Waals surface area (Å²) in [5.41, 5.74) is -0.339. The molecule has 0 radical (unpaired) electrons. The number of nitrogens with one attached hydrogen (secondary N) is 1. The Morgan fingerprint density at radius 3 is 2.80 bits per heavy atom. The lowest BCUT2D eigenvalue weighted by Crippen LogP contribution is -2.36. The van der Waals surface area contributed by atoms with Gasteiger partial charge in [-0.15, -0.1) is 0 Å². The van der Waals surface area contributed by atoms with Gasteiger partial charge < -0.3 is 9.84 Å². The van der Waals surface area contributed by atoms with Crippen molar-refractivity contribution in [2.75, 3.05) is 19.1 Å². The van der Waals surface area contributed by atoms with Crippen LogP contribution >= 0.6 is 0 Å². The number of aromatic nitrogens is 3. The van der Waals surface area contributed by atoms with Crippen LogP contribution in [0.2, 0.25) is 0 Å². The molecule has 1 saturated carbocycles. The summed E-state index contributed by atoms with van der Waals surface area (Å²) in [6.45, 7) is 0.682. The first-order chi connectivity index (χ1) is 12.0. The van der Waals surface area contributed by atoms with Crippen molar-refractivity contribution in [3.05, 3.63) is 12.1 Å². The van der Waals surface area contributed by atoms with Gasteiger partial charge in [-0.25, -0.2) is 9.37 Å². The standard InChI is InChI=1S/C17H23FN4O3/c1-3-17(24,10-18)9-13(23)20-16-19-12-7-8-14(25-2)21-15(12)22(16)11-5-4-6-11/h7-8,11,24H,3-6,9-10H2,1-2H3,(H,19,20,23). The predicted octanol–water partition coefficient (Wildman–Crippen LogP) is 2.60. The number of fused-ring (bicyclic) bond motifs is 1. The van der Waals surface area contributed by atoms with E-state index in [0.29, 0.717) is 23.0 Å². The highest BCUT2D eigenvalue weighted by molar-refractivity contribution is 5.91. The lowest BCUT2D eigenvalue weighted by Gasteiger charge is -2.29. The van der Waals surface area contributed by atoms with E-state index < -0.39 is 18.2 Å². The minimum atomic E-state index is -1.64. The van der Waals surface area contributed by atoms with Crippen LogP contribution in [0.25, 0.3) is 11.2 Å².